The summed E-state index contributed by atoms with van der Waals surface area (Å²) in [5, 5.41) is 2.74. The molecule has 0 bridgehead atoms. The van der Waals surface area contributed by atoms with Gasteiger partial charge in [0.2, 0.25) is 0 Å². The van der Waals surface area contributed by atoms with Crippen LogP contribution in [0.15, 0.2) is 53.3 Å². The lowest BCUT2D eigenvalue weighted by atomic mass is 10.3. The highest BCUT2D eigenvalue weighted by atomic mass is 79.9. The first kappa shape index (κ1) is 12.8. The van der Waals surface area contributed by atoms with Crippen LogP contribution < -0.4 is 5.32 Å². The average molecular weight is 334 g/mol. The number of aromatic nitrogens is 2. The number of benzene rings is 1. The van der Waals surface area contributed by atoms with E-state index >= 15 is 0 Å². The normalized spacial score (nSPS) is 10.7. The minimum Gasteiger partial charge on any atom is -0.321 e. The van der Waals surface area contributed by atoms with Crippen molar-refractivity contribution >= 4 is 33.2 Å². The second-order valence-corrected chi connectivity index (χ2v) is 5.12. The molecule has 0 aliphatic carbocycles. The van der Waals surface area contributed by atoms with Gasteiger partial charge >= 0.3 is 0 Å². The molecule has 1 aromatic carbocycles. The summed E-state index contributed by atoms with van der Waals surface area (Å²) in [5.41, 5.74) is 1.41. The molecule has 3 aromatic rings. The van der Waals surface area contributed by atoms with E-state index in [1.165, 1.54) is 28.9 Å². The maximum Gasteiger partial charge on any atom is 0.275 e. The predicted molar refractivity (Wildman–Crippen MR) is 77.2 cm³/mol. The standard InChI is InChI=1S/C14H9BrFN3O/c15-9-2-1-3-11(6-9)17-14(20)12-8-19-7-10(16)4-5-13(19)18-12/h1-8H,(H,17,20). The van der Waals surface area contributed by atoms with E-state index in [1.807, 2.05) is 12.1 Å². The Labute approximate surface area is 122 Å². The monoisotopic (exact) mass is 333 g/mol. The van der Waals surface area contributed by atoms with E-state index in [0.29, 0.717) is 11.3 Å². The van der Waals surface area contributed by atoms with Gasteiger partial charge < -0.3 is 9.72 Å². The summed E-state index contributed by atoms with van der Waals surface area (Å²) >= 11 is 3.33. The van der Waals surface area contributed by atoms with E-state index in [4.69, 9.17) is 0 Å². The molecule has 20 heavy (non-hydrogen) atoms. The number of carbonyl (C=O) groups is 1. The fourth-order valence-corrected chi connectivity index (χ4v) is 2.23. The van der Waals surface area contributed by atoms with E-state index in [2.05, 4.69) is 26.2 Å². The van der Waals surface area contributed by atoms with Gasteiger partial charge in [0.05, 0.1) is 0 Å². The van der Waals surface area contributed by atoms with Crippen LogP contribution in [-0.4, -0.2) is 15.3 Å². The first-order chi connectivity index (χ1) is 9.61. The predicted octanol–water partition coefficient (Wildman–Crippen LogP) is 3.49. The van der Waals surface area contributed by atoms with Gasteiger partial charge in [-0.3, -0.25) is 4.79 Å². The summed E-state index contributed by atoms with van der Waals surface area (Å²) < 4.78 is 15.4. The van der Waals surface area contributed by atoms with Crippen molar-refractivity contribution in [2.24, 2.45) is 0 Å². The minimum atomic E-state index is -0.381. The Hall–Kier alpha value is -2.21. The van der Waals surface area contributed by atoms with E-state index < -0.39 is 0 Å². The van der Waals surface area contributed by atoms with Crippen LogP contribution in [0.2, 0.25) is 0 Å². The molecule has 0 aliphatic rings. The number of hydrogen-bond acceptors (Lipinski definition) is 2. The van der Waals surface area contributed by atoms with Crippen molar-refractivity contribution < 1.29 is 9.18 Å². The van der Waals surface area contributed by atoms with Crippen molar-refractivity contribution in [3.05, 3.63) is 64.8 Å². The zero-order valence-corrected chi connectivity index (χ0v) is 11.8. The SMILES string of the molecule is O=C(Nc1cccc(Br)c1)c1cn2cc(F)ccc2n1. The molecule has 3 rings (SSSR count). The highest BCUT2D eigenvalue weighted by Gasteiger charge is 2.11. The topological polar surface area (TPSA) is 46.4 Å². The lowest BCUT2D eigenvalue weighted by Crippen LogP contribution is -2.12. The molecule has 0 fully saturated rings. The molecule has 0 aliphatic heterocycles. The lowest BCUT2D eigenvalue weighted by Gasteiger charge is -2.02. The molecule has 0 atom stereocenters. The smallest absolute Gasteiger partial charge is 0.275 e. The summed E-state index contributed by atoms with van der Waals surface area (Å²) in [5.74, 6) is -0.721. The average Bonchev–Trinajstić information content (AvgIpc) is 2.81. The Morgan fingerprint density at radius 2 is 2.10 bits per heavy atom. The summed E-state index contributed by atoms with van der Waals surface area (Å²) in [7, 11) is 0. The molecule has 0 spiro atoms. The third kappa shape index (κ3) is 2.55. The number of halogens is 2. The van der Waals surface area contributed by atoms with Gasteiger partial charge in [0.25, 0.3) is 5.91 Å². The van der Waals surface area contributed by atoms with Crippen molar-refractivity contribution in [1.82, 2.24) is 9.38 Å². The largest absolute Gasteiger partial charge is 0.321 e. The fourth-order valence-electron chi connectivity index (χ4n) is 1.84. The summed E-state index contributed by atoms with van der Waals surface area (Å²) in [4.78, 5) is 16.2. The molecule has 6 heteroatoms. The number of imidazole rings is 1. The van der Waals surface area contributed by atoms with Crippen LogP contribution in [0, 0.1) is 5.82 Å². The molecule has 4 nitrogen and oxygen atoms in total. The number of amides is 1. The third-order valence-electron chi connectivity index (χ3n) is 2.73. The van der Waals surface area contributed by atoms with Crippen LogP contribution >= 0.6 is 15.9 Å². The van der Waals surface area contributed by atoms with Crippen molar-refractivity contribution in [3.63, 3.8) is 0 Å². The first-order valence-corrected chi connectivity index (χ1v) is 6.62. The minimum absolute atomic E-state index is 0.232. The van der Waals surface area contributed by atoms with Gasteiger partial charge in [0.15, 0.2) is 0 Å². The number of carbonyl (C=O) groups excluding carboxylic acids is 1. The Morgan fingerprint density at radius 1 is 1.25 bits per heavy atom. The Morgan fingerprint density at radius 3 is 2.90 bits per heavy atom. The molecule has 1 N–H and O–H groups in total. The van der Waals surface area contributed by atoms with E-state index in [9.17, 15) is 9.18 Å². The van der Waals surface area contributed by atoms with E-state index in [1.54, 1.807) is 12.1 Å². The second-order valence-electron chi connectivity index (χ2n) is 4.20. The third-order valence-corrected chi connectivity index (χ3v) is 3.22. The summed E-state index contributed by atoms with van der Waals surface area (Å²) in [6.45, 7) is 0. The van der Waals surface area contributed by atoms with Crippen LogP contribution in [0.1, 0.15) is 10.5 Å². The maximum atomic E-state index is 13.1. The highest BCUT2D eigenvalue weighted by Crippen LogP contribution is 2.16. The first-order valence-electron chi connectivity index (χ1n) is 5.83. The Kier molecular flexibility index (Phi) is 3.23. The van der Waals surface area contributed by atoms with Crippen molar-refractivity contribution in [2.45, 2.75) is 0 Å². The number of pyridine rings is 1. The Balaban J connectivity index is 1.88. The van der Waals surface area contributed by atoms with E-state index in [0.717, 1.165) is 4.47 Å². The van der Waals surface area contributed by atoms with Gasteiger partial charge in [-0.15, -0.1) is 0 Å². The Bertz CT molecular complexity index is 800. The van der Waals surface area contributed by atoms with Gasteiger partial charge in [-0.05, 0) is 30.3 Å². The van der Waals surface area contributed by atoms with Gasteiger partial charge in [0, 0.05) is 22.6 Å². The van der Waals surface area contributed by atoms with E-state index in [-0.39, 0.29) is 17.4 Å². The molecular weight excluding hydrogens is 325 g/mol. The van der Waals surface area contributed by atoms with Crippen LogP contribution in [0.5, 0.6) is 0 Å². The molecule has 0 radical (unpaired) electrons. The number of hydrogen-bond donors (Lipinski definition) is 1. The molecule has 100 valence electrons. The zero-order chi connectivity index (χ0) is 14.1. The highest BCUT2D eigenvalue weighted by molar-refractivity contribution is 9.10. The molecule has 2 aromatic heterocycles. The number of fused-ring (bicyclic) bond motifs is 1. The lowest BCUT2D eigenvalue weighted by molar-refractivity contribution is 0.102. The van der Waals surface area contributed by atoms with Crippen LogP contribution in [0.3, 0.4) is 0 Å². The van der Waals surface area contributed by atoms with Gasteiger partial charge in [-0.25, -0.2) is 9.37 Å². The van der Waals surface area contributed by atoms with Crippen LogP contribution in [-0.2, 0) is 0 Å². The van der Waals surface area contributed by atoms with Crippen molar-refractivity contribution in [1.29, 1.82) is 0 Å². The maximum absolute atomic E-state index is 13.1. The molecule has 2 heterocycles. The number of nitrogens with zero attached hydrogens (tertiary/aromatic N) is 2. The second kappa shape index (κ2) is 5.05. The van der Waals surface area contributed by atoms with Crippen LogP contribution in [0.4, 0.5) is 10.1 Å². The van der Waals surface area contributed by atoms with Crippen molar-refractivity contribution in [3.8, 4) is 0 Å². The van der Waals surface area contributed by atoms with Gasteiger partial charge in [0.1, 0.15) is 17.2 Å². The summed E-state index contributed by atoms with van der Waals surface area (Å²) in [6, 6.07) is 10.1. The molecule has 0 saturated heterocycles. The molecule has 0 saturated carbocycles. The quantitative estimate of drug-likeness (QED) is 0.780. The summed E-state index contributed by atoms with van der Waals surface area (Å²) in [6.07, 6.45) is 2.77. The van der Waals surface area contributed by atoms with Crippen molar-refractivity contribution in [2.75, 3.05) is 5.32 Å². The molecule has 1 amide bonds. The van der Waals surface area contributed by atoms with Gasteiger partial charge in [-0.1, -0.05) is 22.0 Å². The molecule has 0 unspecified atom stereocenters. The number of anilines is 1. The van der Waals surface area contributed by atoms with Gasteiger partial charge in [-0.2, -0.15) is 0 Å². The number of rotatable bonds is 2. The number of nitrogens with one attached hydrogen (secondary N) is 1. The molecular formula is C14H9BrFN3O. The van der Waals surface area contributed by atoms with Crippen LogP contribution in [0.25, 0.3) is 5.65 Å². The zero-order valence-electron chi connectivity index (χ0n) is 10.2. The fraction of sp³-hybridized carbons (Fsp3) is 0.